The molecule has 28 heavy (non-hydrogen) atoms. The number of amides is 3. The molecule has 1 aromatic carbocycles. The van der Waals surface area contributed by atoms with E-state index in [1.807, 2.05) is 6.92 Å². The molecule has 0 saturated carbocycles. The van der Waals surface area contributed by atoms with E-state index in [-0.39, 0.29) is 22.9 Å². The fourth-order valence-electron chi connectivity index (χ4n) is 2.88. The van der Waals surface area contributed by atoms with Crippen molar-refractivity contribution in [3.8, 4) is 0 Å². The minimum Gasteiger partial charge on any atom is -0.332 e. The van der Waals surface area contributed by atoms with Crippen LogP contribution >= 0.6 is 11.8 Å². The van der Waals surface area contributed by atoms with Gasteiger partial charge in [0.15, 0.2) is 5.69 Å². The summed E-state index contributed by atoms with van der Waals surface area (Å²) in [6.07, 6.45) is 0.770. The molecule has 2 N–H and O–H groups in total. The van der Waals surface area contributed by atoms with Crippen LogP contribution in [0.15, 0.2) is 29.1 Å². The summed E-state index contributed by atoms with van der Waals surface area (Å²) >= 11 is 1.23. The fourth-order valence-corrected chi connectivity index (χ4v) is 3.73. The highest BCUT2D eigenvalue weighted by Gasteiger charge is 2.22. The van der Waals surface area contributed by atoms with Gasteiger partial charge in [0.2, 0.25) is 5.91 Å². The van der Waals surface area contributed by atoms with Crippen molar-refractivity contribution in [1.82, 2.24) is 25.5 Å². The van der Waals surface area contributed by atoms with Crippen molar-refractivity contribution in [3.05, 3.63) is 40.3 Å². The lowest BCUT2D eigenvalue weighted by Gasteiger charge is -2.14. The molecule has 2 heterocycles. The molecule has 148 valence electrons. The lowest BCUT2D eigenvalue weighted by molar-refractivity contribution is -0.122. The summed E-state index contributed by atoms with van der Waals surface area (Å²) in [6, 6.07) is 6.73. The first-order valence-electron chi connectivity index (χ1n) is 9.02. The van der Waals surface area contributed by atoms with Gasteiger partial charge in [0.25, 0.3) is 16.7 Å². The second-order valence-corrected chi connectivity index (χ2v) is 7.32. The molecule has 3 rings (SSSR count). The first-order chi connectivity index (χ1) is 13.5. The van der Waals surface area contributed by atoms with Gasteiger partial charge in [0, 0.05) is 37.2 Å². The Kier molecular flexibility index (Phi) is 6.30. The Bertz CT molecular complexity index is 974. The maximum absolute atomic E-state index is 12.6. The van der Waals surface area contributed by atoms with Crippen molar-refractivity contribution in [1.29, 1.82) is 0 Å². The number of nitrogens with one attached hydrogen (secondary N) is 2. The van der Waals surface area contributed by atoms with Gasteiger partial charge in [0.1, 0.15) is 0 Å². The van der Waals surface area contributed by atoms with Gasteiger partial charge in [-0.15, -0.1) is 0 Å². The van der Waals surface area contributed by atoms with E-state index in [0.29, 0.717) is 36.8 Å². The van der Waals surface area contributed by atoms with Crippen molar-refractivity contribution < 1.29 is 14.4 Å². The number of carbonyl (C=O) groups excluding carboxylic acids is 3. The van der Waals surface area contributed by atoms with Gasteiger partial charge in [-0.1, -0.05) is 36.9 Å². The SMILES string of the molecule is CCCn1nc(C(=O)NNC(=O)CCN2CCSC2=O)c2ccccc2c1=O. The van der Waals surface area contributed by atoms with Crippen LogP contribution in [0.25, 0.3) is 10.8 Å². The third-order valence-corrected chi connectivity index (χ3v) is 5.18. The minimum absolute atomic E-state index is 0.0364. The standard InChI is InChI=1S/C18H21N5O4S/c1-2-8-23-17(26)13-6-4-3-5-12(13)15(21-23)16(25)20-19-14(24)7-9-22-10-11-28-18(22)27/h3-6H,2,7-11H2,1H3,(H,19,24)(H,20,25). The van der Waals surface area contributed by atoms with Crippen LogP contribution in [-0.2, 0) is 11.3 Å². The average molecular weight is 403 g/mol. The molecule has 1 saturated heterocycles. The molecule has 9 nitrogen and oxygen atoms in total. The van der Waals surface area contributed by atoms with Crippen molar-refractivity contribution in [2.24, 2.45) is 0 Å². The highest BCUT2D eigenvalue weighted by molar-refractivity contribution is 8.13. The molecule has 1 aromatic heterocycles. The first kappa shape index (κ1) is 19.9. The number of benzene rings is 1. The summed E-state index contributed by atoms with van der Waals surface area (Å²) in [4.78, 5) is 50.1. The number of nitrogens with zero attached hydrogens (tertiary/aromatic N) is 3. The van der Waals surface area contributed by atoms with E-state index in [4.69, 9.17) is 0 Å². The van der Waals surface area contributed by atoms with Gasteiger partial charge in [-0.25, -0.2) is 4.68 Å². The van der Waals surface area contributed by atoms with Crippen LogP contribution < -0.4 is 16.4 Å². The van der Waals surface area contributed by atoms with Crippen LogP contribution in [-0.4, -0.2) is 50.6 Å². The molecule has 3 amide bonds. The summed E-state index contributed by atoms with van der Waals surface area (Å²) in [6.45, 7) is 3.22. The van der Waals surface area contributed by atoms with E-state index in [1.165, 1.54) is 16.4 Å². The highest BCUT2D eigenvalue weighted by Crippen LogP contribution is 2.17. The molecule has 0 atom stereocenters. The van der Waals surface area contributed by atoms with Crippen molar-refractivity contribution >= 4 is 39.6 Å². The van der Waals surface area contributed by atoms with Gasteiger partial charge in [0.05, 0.1) is 5.39 Å². The van der Waals surface area contributed by atoms with Crippen molar-refractivity contribution in [2.75, 3.05) is 18.8 Å². The van der Waals surface area contributed by atoms with Crippen LogP contribution in [0, 0.1) is 0 Å². The van der Waals surface area contributed by atoms with E-state index in [0.717, 1.165) is 5.75 Å². The minimum atomic E-state index is -0.609. The zero-order valence-corrected chi connectivity index (χ0v) is 16.3. The van der Waals surface area contributed by atoms with Crippen LogP contribution in [0.4, 0.5) is 4.79 Å². The predicted octanol–water partition coefficient (Wildman–Crippen LogP) is 1.13. The monoisotopic (exact) mass is 403 g/mol. The lowest BCUT2D eigenvalue weighted by atomic mass is 10.1. The molecule has 1 aliphatic rings. The Balaban J connectivity index is 1.69. The number of fused-ring (bicyclic) bond motifs is 1. The summed E-state index contributed by atoms with van der Waals surface area (Å²) < 4.78 is 1.26. The molecule has 0 radical (unpaired) electrons. The molecule has 1 aliphatic heterocycles. The number of rotatable bonds is 6. The molecule has 0 aliphatic carbocycles. The number of hydrazine groups is 1. The van der Waals surface area contributed by atoms with Crippen molar-refractivity contribution in [2.45, 2.75) is 26.3 Å². The Morgan fingerprint density at radius 3 is 2.57 bits per heavy atom. The van der Waals surface area contributed by atoms with Crippen LogP contribution in [0.1, 0.15) is 30.3 Å². The number of carbonyl (C=O) groups is 3. The topological polar surface area (TPSA) is 113 Å². The molecule has 0 spiro atoms. The van der Waals surface area contributed by atoms with Gasteiger partial charge in [-0.05, 0) is 12.5 Å². The molecular formula is C18H21N5O4S. The van der Waals surface area contributed by atoms with E-state index in [9.17, 15) is 19.2 Å². The summed E-state index contributed by atoms with van der Waals surface area (Å²) in [7, 11) is 0. The molecule has 2 aromatic rings. The van der Waals surface area contributed by atoms with Gasteiger partial charge < -0.3 is 4.90 Å². The first-order valence-corrected chi connectivity index (χ1v) is 10.0. The maximum atomic E-state index is 12.6. The Morgan fingerprint density at radius 2 is 1.89 bits per heavy atom. The molecular weight excluding hydrogens is 382 g/mol. The molecule has 0 bridgehead atoms. The Labute approximate surface area is 165 Å². The predicted molar refractivity (Wildman–Crippen MR) is 106 cm³/mol. The second kappa shape index (κ2) is 8.87. The Hall–Kier alpha value is -2.88. The summed E-state index contributed by atoms with van der Waals surface area (Å²) in [5.41, 5.74) is 4.49. The third-order valence-electron chi connectivity index (χ3n) is 4.29. The number of hydrogen-bond acceptors (Lipinski definition) is 6. The van der Waals surface area contributed by atoms with E-state index in [2.05, 4.69) is 16.0 Å². The van der Waals surface area contributed by atoms with E-state index >= 15 is 0 Å². The number of aryl methyl sites for hydroxylation is 1. The van der Waals surface area contributed by atoms with Gasteiger partial charge in [-0.2, -0.15) is 5.10 Å². The maximum Gasteiger partial charge on any atom is 0.290 e. The fraction of sp³-hybridized carbons (Fsp3) is 0.389. The highest BCUT2D eigenvalue weighted by atomic mass is 32.2. The second-order valence-electron chi connectivity index (χ2n) is 6.28. The quantitative estimate of drug-likeness (QED) is 0.699. The van der Waals surface area contributed by atoms with Gasteiger partial charge in [-0.3, -0.25) is 30.0 Å². The number of hydrogen-bond donors (Lipinski definition) is 2. The zero-order chi connectivity index (χ0) is 20.1. The van der Waals surface area contributed by atoms with Gasteiger partial charge >= 0.3 is 0 Å². The van der Waals surface area contributed by atoms with E-state index < -0.39 is 11.8 Å². The third kappa shape index (κ3) is 4.33. The normalized spacial score (nSPS) is 13.8. The van der Waals surface area contributed by atoms with Crippen LogP contribution in [0.3, 0.4) is 0 Å². The lowest BCUT2D eigenvalue weighted by Crippen LogP contribution is -2.43. The Morgan fingerprint density at radius 1 is 1.14 bits per heavy atom. The summed E-state index contributed by atoms with van der Waals surface area (Å²) in [5.74, 6) is -0.296. The molecule has 0 unspecified atom stereocenters. The molecule has 1 fully saturated rings. The average Bonchev–Trinajstić information content (AvgIpc) is 3.11. The van der Waals surface area contributed by atoms with Crippen molar-refractivity contribution in [3.63, 3.8) is 0 Å². The number of aromatic nitrogens is 2. The van der Waals surface area contributed by atoms with Crippen LogP contribution in [0.5, 0.6) is 0 Å². The number of thioether (sulfide) groups is 1. The largest absolute Gasteiger partial charge is 0.332 e. The van der Waals surface area contributed by atoms with E-state index in [1.54, 1.807) is 29.2 Å². The van der Waals surface area contributed by atoms with Crippen LogP contribution in [0.2, 0.25) is 0 Å². The summed E-state index contributed by atoms with van der Waals surface area (Å²) in [5, 5.41) is 4.95. The molecule has 10 heteroatoms. The zero-order valence-electron chi connectivity index (χ0n) is 15.4. The smallest absolute Gasteiger partial charge is 0.290 e.